The number of fused-ring (bicyclic) bond motifs is 1. The van der Waals surface area contributed by atoms with Crippen LogP contribution >= 0.6 is 0 Å². The van der Waals surface area contributed by atoms with Crippen LogP contribution in [0, 0.1) is 0 Å². The van der Waals surface area contributed by atoms with Crippen LogP contribution in [0.2, 0.25) is 0 Å². The Balaban J connectivity index is 2.15. The summed E-state index contributed by atoms with van der Waals surface area (Å²) in [4.78, 5) is 4.39. The van der Waals surface area contributed by atoms with Gasteiger partial charge in [0.1, 0.15) is 0 Å². The van der Waals surface area contributed by atoms with Crippen molar-refractivity contribution in [1.82, 2.24) is 9.71 Å². The Hall–Kier alpha value is -1.54. The number of nitrogens with two attached hydrogens (primary N) is 1. The van der Waals surface area contributed by atoms with Gasteiger partial charge in [0.25, 0.3) is 0 Å². The van der Waals surface area contributed by atoms with E-state index >= 15 is 0 Å². The fourth-order valence-electron chi connectivity index (χ4n) is 2.06. The molecule has 0 amide bonds. The molecular weight excluding hydrogens is 290 g/mol. The predicted molar refractivity (Wildman–Crippen MR) is 81.4 cm³/mol. The summed E-state index contributed by atoms with van der Waals surface area (Å²) in [6.07, 6.45) is 2.14. The molecule has 0 radical (unpaired) electrons. The predicted octanol–water partition coefficient (Wildman–Crippen LogP) is 0.877. The standard InChI is InChI=1S/C14H19N3O3S/c1-20-10-11(15)7-9-17-21(18,19)14-6-2-5-13-12(14)4-3-8-16-13/h2-6,8,11,17H,7,9-10,15H2,1H3. The lowest BCUT2D eigenvalue weighted by atomic mass is 10.2. The molecule has 0 aliphatic carbocycles. The Morgan fingerprint density at radius 1 is 1.33 bits per heavy atom. The van der Waals surface area contributed by atoms with Crippen molar-refractivity contribution in [2.75, 3.05) is 20.3 Å². The van der Waals surface area contributed by atoms with Gasteiger partial charge >= 0.3 is 0 Å². The van der Waals surface area contributed by atoms with Crippen LogP contribution in [0.1, 0.15) is 6.42 Å². The third-order valence-corrected chi connectivity index (χ3v) is 4.60. The minimum Gasteiger partial charge on any atom is -0.383 e. The van der Waals surface area contributed by atoms with Gasteiger partial charge < -0.3 is 10.5 Å². The molecule has 6 nitrogen and oxygen atoms in total. The number of nitrogens with one attached hydrogen (secondary N) is 1. The first-order chi connectivity index (χ1) is 10.0. The van der Waals surface area contributed by atoms with Crippen molar-refractivity contribution in [3.8, 4) is 0 Å². The summed E-state index contributed by atoms with van der Waals surface area (Å²) in [5.41, 5.74) is 6.42. The highest BCUT2D eigenvalue weighted by Gasteiger charge is 2.17. The highest BCUT2D eigenvalue weighted by molar-refractivity contribution is 7.89. The maximum Gasteiger partial charge on any atom is 0.241 e. The van der Waals surface area contributed by atoms with Crippen LogP contribution in [-0.2, 0) is 14.8 Å². The van der Waals surface area contributed by atoms with Gasteiger partial charge in [-0.2, -0.15) is 0 Å². The molecule has 0 saturated carbocycles. The van der Waals surface area contributed by atoms with E-state index in [2.05, 4.69) is 9.71 Å². The van der Waals surface area contributed by atoms with Crippen molar-refractivity contribution in [2.45, 2.75) is 17.4 Å². The molecule has 0 bridgehead atoms. The number of hydrogen-bond acceptors (Lipinski definition) is 5. The Bertz CT molecular complexity index is 698. The fourth-order valence-corrected chi connectivity index (χ4v) is 3.33. The maximum atomic E-state index is 12.4. The lowest BCUT2D eigenvalue weighted by Crippen LogP contribution is -2.33. The van der Waals surface area contributed by atoms with E-state index in [9.17, 15) is 8.42 Å². The van der Waals surface area contributed by atoms with Crippen molar-refractivity contribution in [3.05, 3.63) is 36.5 Å². The number of pyridine rings is 1. The molecule has 1 aromatic carbocycles. The number of aromatic nitrogens is 1. The van der Waals surface area contributed by atoms with Gasteiger partial charge in [0, 0.05) is 31.3 Å². The first-order valence-electron chi connectivity index (χ1n) is 6.62. The molecule has 0 fully saturated rings. The lowest BCUT2D eigenvalue weighted by molar-refractivity contribution is 0.177. The lowest BCUT2D eigenvalue weighted by Gasteiger charge is -2.12. The van der Waals surface area contributed by atoms with Crippen molar-refractivity contribution in [3.63, 3.8) is 0 Å². The van der Waals surface area contributed by atoms with E-state index in [1.807, 2.05) is 0 Å². The number of sulfonamides is 1. The Morgan fingerprint density at radius 3 is 2.90 bits per heavy atom. The molecule has 21 heavy (non-hydrogen) atoms. The average molecular weight is 309 g/mol. The maximum absolute atomic E-state index is 12.4. The topological polar surface area (TPSA) is 94.3 Å². The summed E-state index contributed by atoms with van der Waals surface area (Å²) in [7, 11) is -2.02. The normalized spacial score (nSPS) is 13.4. The molecule has 2 aromatic rings. The second-order valence-electron chi connectivity index (χ2n) is 4.73. The van der Waals surface area contributed by atoms with Crippen LogP contribution in [0.25, 0.3) is 10.9 Å². The van der Waals surface area contributed by atoms with Gasteiger partial charge in [0.2, 0.25) is 10.0 Å². The molecule has 0 saturated heterocycles. The monoisotopic (exact) mass is 309 g/mol. The highest BCUT2D eigenvalue weighted by Crippen LogP contribution is 2.20. The zero-order valence-electron chi connectivity index (χ0n) is 11.8. The number of methoxy groups -OCH3 is 1. The molecule has 114 valence electrons. The average Bonchev–Trinajstić information content (AvgIpc) is 2.46. The van der Waals surface area contributed by atoms with Crippen molar-refractivity contribution < 1.29 is 13.2 Å². The van der Waals surface area contributed by atoms with Gasteiger partial charge in [0.15, 0.2) is 0 Å². The second-order valence-corrected chi connectivity index (χ2v) is 6.46. The van der Waals surface area contributed by atoms with Gasteiger partial charge in [-0.05, 0) is 30.7 Å². The molecule has 2 rings (SSSR count). The van der Waals surface area contributed by atoms with Gasteiger partial charge in [0.05, 0.1) is 17.0 Å². The van der Waals surface area contributed by atoms with Crippen molar-refractivity contribution in [2.24, 2.45) is 5.73 Å². The number of nitrogens with zero attached hydrogens (tertiary/aromatic N) is 1. The molecule has 1 heterocycles. The summed E-state index contributed by atoms with van der Waals surface area (Å²) in [6.45, 7) is 0.670. The second kappa shape index (κ2) is 6.95. The Labute approximate surface area is 124 Å². The van der Waals surface area contributed by atoms with Gasteiger partial charge in [-0.25, -0.2) is 13.1 Å². The van der Waals surface area contributed by atoms with Crippen LogP contribution in [-0.4, -0.2) is 39.7 Å². The summed E-state index contributed by atoms with van der Waals surface area (Å²) in [6, 6.07) is 8.31. The first kappa shape index (κ1) is 15.8. The number of ether oxygens (including phenoxy) is 1. The van der Waals surface area contributed by atoms with Crippen LogP contribution in [0.3, 0.4) is 0 Å². The summed E-state index contributed by atoms with van der Waals surface area (Å²) >= 11 is 0. The Kier molecular flexibility index (Phi) is 5.24. The van der Waals surface area contributed by atoms with E-state index in [4.69, 9.17) is 10.5 Å². The third-order valence-electron chi connectivity index (χ3n) is 3.08. The molecule has 0 aliphatic heterocycles. The van der Waals surface area contributed by atoms with Crippen LogP contribution in [0.5, 0.6) is 0 Å². The van der Waals surface area contributed by atoms with Gasteiger partial charge in [-0.3, -0.25) is 4.98 Å². The SMILES string of the molecule is COCC(N)CCNS(=O)(=O)c1cccc2ncccc12. The van der Waals surface area contributed by atoms with E-state index in [-0.39, 0.29) is 17.5 Å². The zero-order chi connectivity index (χ0) is 15.3. The molecule has 0 spiro atoms. The summed E-state index contributed by atoms with van der Waals surface area (Å²) in [5, 5.41) is 0.605. The molecule has 7 heteroatoms. The van der Waals surface area contributed by atoms with Crippen molar-refractivity contribution in [1.29, 1.82) is 0 Å². The largest absolute Gasteiger partial charge is 0.383 e. The minimum atomic E-state index is -3.58. The molecule has 1 atom stereocenters. The van der Waals surface area contributed by atoms with Crippen LogP contribution in [0.15, 0.2) is 41.4 Å². The van der Waals surface area contributed by atoms with E-state index in [0.29, 0.717) is 23.9 Å². The zero-order valence-corrected chi connectivity index (χ0v) is 12.6. The van der Waals surface area contributed by atoms with E-state index in [1.54, 1.807) is 43.6 Å². The minimum absolute atomic E-state index is 0.188. The smallest absolute Gasteiger partial charge is 0.241 e. The van der Waals surface area contributed by atoms with E-state index in [0.717, 1.165) is 0 Å². The third kappa shape index (κ3) is 3.98. The van der Waals surface area contributed by atoms with Crippen LogP contribution in [0.4, 0.5) is 0 Å². The quantitative estimate of drug-likeness (QED) is 0.791. The van der Waals surface area contributed by atoms with Crippen molar-refractivity contribution >= 4 is 20.9 Å². The Morgan fingerprint density at radius 2 is 2.14 bits per heavy atom. The summed E-state index contributed by atoms with van der Waals surface area (Å²) in [5.74, 6) is 0. The number of hydrogen-bond donors (Lipinski definition) is 2. The number of rotatable bonds is 7. The molecular formula is C14H19N3O3S. The number of benzene rings is 1. The fraction of sp³-hybridized carbons (Fsp3) is 0.357. The van der Waals surface area contributed by atoms with E-state index < -0.39 is 10.0 Å². The molecule has 0 aliphatic rings. The van der Waals surface area contributed by atoms with Crippen LogP contribution < -0.4 is 10.5 Å². The molecule has 1 aromatic heterocycles. The first-order valence-corrected chi connectivity index (χ1v) is 8.11. The molecule has 3 N–H and O–H groups in total. The van der Waals surface area contributed by atoms with Gasteiger partial charge in [-0.1, -0.05) is 6.07 Å². The van der Waals surface area contributed by atoms with E-state index in [1.165, 1.54) is 0 Å². The van der Waals surface area contributed by atoms with Gasteiger partial charge in [-0.15, -0.1) is 0 Å². The molecule has 1 unspecified atom stereocenters. The highest BCUT2D eigenvalue weighted by atomic mass is 32.2. The summed E-state index contributed by atoms with van der Waals surface area (Å²) < 4.78 is 32.2.